The summed E-state index contributed by atoms with van der Waals surface area (Å²) in [6.45, 7) is 12.8. The molecule has 0 radical (unpaired) electrons. The number of hydrogen-bond donors (Lipinski definition) is 1. The summed E-state index contributed by atoms with van der Waals surface area (Å²) in [6, 6.07) is 4.02. The maximum atomic E-state index is 10.8. The summed E-state index contributed by atoms with van der Waals surface area (Å²) >= 11 is 0. The molecule has 20 heavy (non-hydrogen) atoms. The monoisotopic (exact) mass is 280 g/mol. The van der Waals surface area contributed by atoms with Crippen molar-refractivity contribution in [1.82, 2.24) is 0 Å². The van der Waals surface area contributed by atoms with Crippen LogP contribution in [-0.2, 0) is 4.74 Å². The first-order valence-electron chi connectivity index (χ1n) is 7.17. The average molecular weight is 280 g/mol. The van der Waals surface area contributed by atoms with Crippen LogP contribution in [0.5, 0.6) is 5.75 Å². The molecule has 1 rings (SSSR count). The van der Waals surface area contributed by atoms with Gasteiger partial charge in [0.15, 0.2) is 0 Å². The lowest BCUT2D eigenvalue weighted by molar-refractivity contribution is -0.0906. The van der Waals surface area contributed by atoms with Gasteiger partial charge in [-0.1, -0.05) is 26.8 Å². The normalized spacial score (nSPS) is 15.0. The second kappa shape index (κ2) is 6.59. The molecule has 0 fully saturated rings. The van der Waals surface area contributed by atoms with Crippen LogP contribution in [0.3, 0.4) is 0 Å². The highest BCUT2D eigenvalue weighted by atomic mass is 16.5. The summed E-state index contributed by atoms with van der Waals surface area (Å²) in [6.07, 6.45) is -0.978. The number of rotatable bonds is 5. The van der Waals surface area contributed by atoms with Gasteiger partial charge in [-0.25, -0.2) is 0 Å². The molecule has 3 heteroatoms. The Bertz CT molecular complexity index is 446. The molecule has 0 aliphatic heterocycles. The number of aliphatic hydroxyl groups is 1. The fourth-order valence-corrected chi connectivity index (χ4v) is 2.63. The zero-order chi connectivity index (χ0) is 15.5. The van der Waals surface area contributed by atoms with Crippen molar-refractivity contribution in [2.45, 2.75) is 53.8 Å². The van der Waals surface area contributed by atoms with E-state index in [4.69, 9.17) is 9.47 Å². The first-order chi connectivity index (χ1) is 9.22. The van der Waals surface area contributed by atoms with Crippen LogP contribution in [-0.4, -0.2) is 24.9 Å². The summed E-state index contributed by atoms with van der Waals surface area (Å²) < 4.78 is 11.3. The standard InChI is InChI=1S/C17H28O3/c1-8-20-16(17(4,5)6)15(18)14-12(3)9-11(2)10-13(14)19-7/h9-10,15-16,18H,8H2,1-7H3. The highest BCUT2D eigenvalue weighted by Gasteiger charge is 2.35. The Morgan fingerprint density at radius 2 is 1.80 bits per heavy atom. The Kier molecular flexibility index (Phi) is 5.60. The van der Waals surface area contributed by atoms with Crippen LogP contribution in [0.1, 0.15) is 50.5 Å². The highest BCUT2D eigenvalue weighted by Crippen LogP contribution is 2.38. The molecule has 2 atom stereocenters. The van der Waals surface area contributed by atoms with Crippen molar-refractivity contribution in [1.29, 1.82) is 0 Å². The minimum Gasteiger partial charge on any atom is -0.496 e. The van der Waals surface area contributed by atoms with Gasteiger partial charge >= 0.3 is 0 Å². The third-order valence-corrected chi connectivity index (χ3v) is 3.50. The predicted octanol–water partition coefficient (Wildman–Crippen LogP) is 3.80. The van der Waals surface area contributed by atoms with Gasteiger partial charge in [0.1, 0.15) is 11.9 Å². The van der Waals surface area contributed by atoms with E-state index in [1.54, 1.807) is 7.11 Å². The number of hydrogen-bond acceptors (Lipinski definition) is 3. The van der Waals surface area contributed by atoms with Gasteiger partial charge < -0.3 is 14.6 Å². The van der Waals surface area contributed by atoms with Crippen molar-refractivity contribution >= 4 is 0 Å². The largest absolute Gasteiger partial charge is 0.496 e. The van der Waals surface area contributed by atoms with E-state index in [2.05, 4.69) is 26.8 Å². The number of methoxy groups -OCH3 is 1. The second-order valence-electron chi connectivity index (χ2n) is 6.38. The van der Waals surface area contributed by atoms with E-state index in [1.165, 1.54) is 0 Å². The van der Waals surface area contributed by atoms with Gasteiger partial charge in [-0.3, -0.25) is 0 Å². The first kappa shape index (κ1) is 17.0. The molecular formula is C17H28O3. The number of aryl methyl sites for hydroxylation is 2. The molecule has 0 amide bonds. The van der Waals surface area contributed by atoms with Crippen LogP contribution in [0.2, 0.25) is 0 Å². The van der Waals surface area contributed by atoms with Gasteiger partial charge in [0.05, 0.1) is 13.2 Å². The van der Waals surface area contributed by atoms with Gasteiger partial charge in [0.25, 0.3) is 0 Å². The zero-order valence-electron chi connectivity index (χ0n) is 13.8. The maximum Gasteiger partial charge on any atom is 0.125 e. The summed E-state index contributed by atoms with van der Waals surface area (Å²) in [4.78, 5) is 0. The molecule has 0 aliphatic rings. The number of ether oxygens (including phenoxy) is 2. The van der Waals surface area contributed by atoms with Gasteiger partial charge in [0.2, 0.25) is 0 Å². The highest BCUT2D eigenvalue weighted by molar-refractivity contribution is 5.45. The molecule has 1 aromatic rings. The van der Waals surface area contributed by atoms with E-state index < -0.39 is 6.10 Å². The molecule has 1 aromatic carbocycles. The molecule has 1 N–H and O–H groups in total. The Hall–Kier alpha value is -1.06. The third-order valence-electron chi connectivity index (χ3n) is 3.50. The van der Waals surface area contributed by atoms with Crippen LogP contribution in [0.15, 0.2) is 12.1 Å². The maximum absolute atomic E-state index is 10.8. The van der Waals surface area contributed by atoms with Crippen LogP contribution in [0.4, 0.5) is 0 Å². The van der Waals surface area contributed by atoms with Crippen molar-refractivity contribution in [3.8, 4) is 5.75 Å². The van der Waals surface area contributed by atoms with Crippen molar-refractivity contribution in [2.24, 2.45) is 5.41 Å². The van der Waals surface area contributed by atoms with Gasteiger partial charge in [-0.2, -0.15) is 0 Å². The van der Waals surface area contributed by atoms with Crippen LogP contribution in [0, 0.1) is 19.3 Å². The fourth-order valence-electron chi connectivity index (χ4n) is 2.63. The Morgan fingerprint density at radius 3 is 2.25 bits per heavy atom. The SMILES string of the molecule is CCOC(C(O)c1c(C)cc(C)cc1OC)C(C)(C)C. The molecular weight excluding hydrogens is 252 g/mol. The average Bonchev–Trinajstić information content (AvgIpc) is 2.32. The minimum absolute atomic E-state index is 0.155. The number of benzene rings is 1. The topological polar surface area (TPSA) is 38.7 Å². The fraction of sp³-hybridized carbons (Fsp3) is 0.647. The van der Waals surface area contributed by atoms with E-state index >= 15 is 0 Å². The Labute approximate surface area is 122 Å². The second-order valence-corrected chi connectivity index (χ2v) is 6.38. The van der Waals surface area contributed by atoms with Crippen molar-refractivity contribution in [3.05, 3.63) is 28.8 Å². The lowest BCUT2D eigenvalue weighted by atomic mass is 9.82. The quantitative estimate of drug-likeness (QED) is 0.891. The van der Waals surface area contributed by atoms with Gasteiger partial charge in [-0.05, 0) is 43.4 Å². The van der Waals surface area contributed by atoms with Crippen LogP contribution in [0.25, 0.3) is 0 Å². The zero-order valence-corrected chi connectivity index (χ0v) is 13.8. The molecule has 0 saturated carbocycles. The molecule has 0 aliphatic carbocycles. The molecule has 0 bridgehead atoms. The van der Waals surface area contributed by atoms with E-state index in [1.807, 2.05) is 26.8 Å². The van der Waals surface area contributed by atoms with Crippen LogP contribution >= 0.6 is 0 Å². The summed E-state index contributed by atoms with van der Waals surface area (Å²) in [7, 11) is 1.64. The van der Waals surface area contributed by atoms with Gasteiger partial charge in [0, 0.05) is 12.2 Å². The molecule has 2 unspecified atom stereocenters. The smallest absolute Gasteiger partial charge is 0.125 e. The molecule has 0 spiro atoms. The van der Waals surface area contributed by atoms with E-state index in [9.17, 15) is 5.11 Å². The van der Waals surface area contributed by atoms with E-state index in [-0.39, 0.29) is 11.5 Å². The molecule has 3 nitrogen and oxygen atoms in total. The Balaban J connectivity index is 3.27. The van der Waals surface area contributed by atoms with Crippen molar-refractivity contribution in [2.75, 3.05) is 13.7 Å². The summed E-state index contributed by atoms with van der Waals surface area (Å²) in [5.74, 6) is 0.726. The molecule has 0 heterocycles. The third kappa shape index (κ3) is 3.74. The van der Waals surface area contributed by atoms with E-state index in [0.717, 1.165) is 22.4 Å². The first-order valence-corrected chi connectivity index (χ1v) is 7.17. The van der Waals surface area contributed by atoms with E-state index in [0.29, 0.717) is 6.61 Å². The molecule has 0 saturated heterocycles. The summed E-state index contributed by atoms with van der Waals surface area (Å²) in [5.41, 5.74) is 2.83. The van der Waals surface area contributed by atoms with Crippen molar-refractivity contribution in [3.63, 3.8) is 0 Å². The molecule has 114 valence electrons. The van der Waals surface area contributed by atoms with Gasteiger partial charge in [-0.15, -0.1) is 0 Å². The van der Waals surface area contributed by atoms with Crippen molar-refractivity contribution < 1.29 is 14.6 Å². The summed E-state index contributed by atoms with van der Waals surface area (Å²) in [5, 5.41) is 10.8. The molecule has 0 aromatic heterocycles. The van der Waals surface area contributed by atoms with Crippen LogP contribution < -0.4 is 4.74 Å². The predicted molar refractivity (Wildman–Crippen MR) is 82.3 cm³/mol. The number of aliphatic hydroxyl groups excluding tert-OH is 1. The minimum atomic E-state index is -0.703. The lowest BCUT2D eigenvalue weighted by Crippen LogP contribution is -2.35. The Morgan fingerprint density at radius 1 is 1.20 bits per heavy atom. The lowest BCUT2D eigenvalue weighted by Gasteiger charge is -2.35.